The fourth-order valence-electron chi connectivity index (χ4n) is 2.78. The van der Waals surface area contributed by atoms with Crippen LogP contribution in [0.2, 0.25) is 0 Å². The number of aromatic nitrogens is 1. The predicted octanol–water partition coefficient (Wildman–Crippen LogP) is 1.42. The van der Waals surface area contributed by atoms with E-state index in [0.717, 1.165) is 38.0 Å². The van der Waals surface area contributed by atoms with E-state index in [2.05, 4.69) is 17.6 Å². The molecular weight excluding hydrogens is 226 g/mol. The summed E-state index contributed by atoms with van der Waals surface area (Å²) >= 11 is 0. The van der Waals surface area contributed by atoms with E-state index < -0.39 is 0 Å². The van der Waals surface area contributed by atoms with Gasteiger partial charge in [0, 0.05) is 25.5 Å². The summed E-state index contributed by atoms with van der Waals surface area (Å²) in [5.74, 6) is 0.204. The van der Waals surface area contributed by atoms with Crippen LogP contribution in [0.4, 0.5) is 0 Å². The molecule has 4 nitrogen and oxygen atoms in total. The number of hydrogen-bond acceptors (Lipinski definition) is 2. The highest BCUT2D eigenvalue weighted by Crippen LogP contribution is 2.31. The number of carbonyl (C=O) groups excluding carboxylic acids is 1. The SMILES string of the molecule is CCCC1(C(=O)NCc2cccn2C)CCNC1. The average molecular weight is 249 g/mol. The van der Waals surface area contributed by atoms with Gasteiger partial charge in [-0.3, -0.25) is 4.79 Å². The van der Waals surface area contributed by atoms with Crippen molar-refractivity contribution in [1.29, 1.82) is 0 Å². The van der Waals surface area contributed by atoms with Crippen LogP contribution in [0, 0.1) is 5.41 Å². The van der Waals surface area contributed by atoms with Crippen molar-refractivity contribution in [2.45, 2.75) is 32.7 Å². The van der Waals surface area contributed by atoms with Gasteiger partial charge in [-0.15, -0.1) is 0 Å². The van der Waals surface area contributed by atoms with Crippen LogP contribution in [0.3, 0.4) is 0 Å². The van der Waals surface area contributed by atoms with E-state index in [1.165, 1.54) is 0 Å². The molecule has 2 heterocycles. The summed E-state index contributed by atoms with van der Waals surface area (Å²) < 4.78 is 2.04. The molecule has 1 aromatic rings. The van der Waals surface area contributed by atoms with Crippen molar-refractivity contribution in [2.24, 2.45) is 12.5 Å². The van der Waals surface area contributed by atoms with Crippen molar-refractivity contribution in [3.8, 4) is 0 Å². The third-order valence-corrected chi connectivity index (χ3v) is 3.94. The standard InChI is InChI=1S/C14H23N3O/c1-3-6-14(7-8-15-11-14)13(18)16-10-12-5-4-9-17(12)2/h4-5,9,15H,3,6-8,10-11H2,1-2H3,(H,16,18). The van der Waals surface area contributed by atoms with Gasteiger partial charge in [0.15, 0.2) is 0 Å². The van der Waals surface area contributed by atoms with Crippen LogP contribution in [0.1, 0.15) is 31.9 Å². The lowest BCUT2D eigenvalue weighted by molar-refractivity contribution is -0.130. The molecule has 1 aliphatic heterocycles. The van der Waals surface area contributed by atoms with E-state index in [0.29, 0.717) is 6.54 Å². The number of rotatable bonds is 5. The van der Waals surface area contributed by atoms with Gasteiger partial charge in [-0.2, -0.15) is 0 Å². The second-order valence-electron chi connectivity index (χ2n) is 5.25. The van der Waals surface area contributed by atoms with E-state index in [1.54, 1.807) is 0 Å². The van der Waals surface area contributed by atoms with Gasteiger partial charge in [-0.25, -0.2) is 0 Å². The van der Waals surface area contributed by atoms with E-state index in [9.17, 15) is 4.79 Å². The molecule has 1 aliphatic rings. The van der Waals surface area contributed by atoms with Gasteiger partial charge in [0.05, 0.1) is 12.0 Å². The van der Waals surface area contributed by atoms with Crippen LogP contribution >= 0.6 is 0 Å². The first-order valence-electron chi connectivity index (χ1n) is 6.77. The summed E-state index contributed by atoms with van der Waals surface area (Å²) in [6.07, 6.45) is 4.98. The topological polar surface area (TPSA) is 46.1 Å². The molecule has 0 aliphatic carbocycles. The van der Waals surface area contributed by atoms with Crippen molar-refractivity contribution >= 4 is 5.91 Å². The molecule has 0 bridgehead atoms. The largest absolute Gasteiger partial charge is 0.353 e. The van der Waals surface area contributed by atoms with Crippen LogP contribution in [0.25, 0.3) is 0 Å². The second-order valence-corrected chi connectivity index (χ2v) is 5.25. The Morgan fingerprint density at radius 1 is 1.61 bits per heavy atom. The van der Waals surface area contributed by atoms with E-state index >= 15 is 0 Å². The van der Waals surface area contributed by atoms with Crippen molar-refractivity contribution in [1.82, 2.24) is 15.2 Å². The number of amides is 1. The molecule has 0 radical (unpaired) electrons. The molecule has 1 amide bonds. The molecule has 1 aromatic heterocycles. The fourth-order valence-corrected chi connectivity index (χ4v) is 2.78. The minimum atomic E-state index is -0.181. The first-order chi connectivity index (χ1) is 8.68. The number of carbonyl (C=O) groups is 1. The molecule has 1 saturated heterocycles. The van der Waals surface area contributed by atoms with Crippen LogP contribution < -0.4 is 10.6 Å². The van der Waals surface area contributed by atoms with E-state index in [4.69, 9.17) is 0 Å². The molecule has 0 spiro atoms. The van der Waals surface area contributed by atoms with Gasteiger partial charge < -0.3 is 15.2 Å². The van der Waals surface area contributed by atoms with Crippen LogP contribution in [0.15, 0.2) is 18.3 Å². The van der Waals surface area contributed by atoms with Crippen molar-refractivity contribution in [3.05, 3.63) is 24.0 Å². The fraction of sp³-hybridized carbons (Fsp3) is 0.643. The highest BCUT2D eigenvalue weighted by Gasteiger charge is 2.39. The van der Waals surface area contributed by atoms with E-state index in [-0.39, 0.29) is 11.3 Å². The Morgan fingerprint density at radius 3 is 3.00 bits per heavy atom. The lowest BCUT2D eigenvalue weighted by Gasteiger charge is -2.26. The molecule has 1 atom stereocenters. The van der Waals surface area contributed by atoms with Crippen molar-refractivity contribution in [3.63, 3.8) is 0 Å². The smallest absolute Gasteiger partial charge is 0.227 e. The van der Waals surface area contributed by atoms with Gasteiger partial charge in [-0.1, -0.05) is 13.3 Å². The maximum absolute atomic E-state index is 12.4. The molecule has 4 heteroatoms. The number of aryl methyl sites for hydroxylation is 1. The molecule has 0 saturated carbocycles. The quantitative estimate of drug-likeness (QED) is 0.829. The maximum Gasteiger partial charge on any atom is 0.227 e. The van der Waals surface area contributed by atoms with Crippen molar-refractivity contribution in [2.75, 3.05) is 13.1 Å². The summed E-state index contributed by atoms with van der Waals surface area (Å²) in [6, 6.07) is 4.04. The third-order valence-electron chi connectivity index (χ3n) is 3.94. The predicted molar refractivity (Wildman–Crippen MR) is 72.1 cm³/mol. The Hall–Kier alpha value is -1.29. The normalized spacial score (nSPS) is 23.2. The van der Waals surface area contributed by atoms with Gasteiger partial charge in [0.25, 0.3) is 0 Å². The highest BCUT2D eigenvalue weighted by atomic mass is 16.2. The van der Waals surface area contributed by atoms with Crippen LogP contribution in [0.5, 0.6) is 0 Å². The first-order valence-corrected chi connectivity index (χ1v) is 6.77. The monoisotopic (exact) mass is 249 g/mol. The molecule has 1 unspecified atom stereocenters. The Labute approximate surface area is 109 Å². The van der Waals surface area contributed by atoms with Gasteiger partial charge in [0.2, 0.25) is 5.91 Å². The van der Waals surface area contributed by atoms with Gasteiger partial charge in [-0.05, 0) is 31.5 Å². The Balaban J connectivity index is 1.96. The Kier molecular flexibility index (Phi) is 4.07. The van der Waals surface area contributed by atoms with Crippen LogP contribution in [-0.2, 0) is 18.4 Å². The summed E-state index contributed by atoms with van der Waals surface area (Å²) in [5, 5.41) is 6.41. The van der Waals surface area contributed by atoms with Gasteiger partial charge >= 0.3 is 0 Å². The average Bonchev–Trinajstić information content (AvgIpc) is 2.97. The molecule has 2 rings (SSSR count). The lowest BCUT2D eigenvalue weighted by atomic mass is 9.81. The maximum atomic E-state index is 12.4. The number of nitrogens with one attached hydrogen (secondary N) is 2. The zero-order valence-corrected chi connectivity index (χ0v) is 11.3. The number of nitrogens with zero attached hydrogens (tertiary/aromatic N) is 1. The van der Waals surface area contributed by atoms with E-state index in [1.807, 2.05) is 29.9 Å². The summed E-state index contributed by atoms with van der Waals surface area (Å²) in [5.41, 5.74) is 0.959. The zero-order chi connectivity index (χ0) is 13.0. The molecule has 1 fully saturated rings. The summed E-state index contributed by atoms with van der Waals surface area (Å²) in [6.45, 7) is 4.54. The number of hydrogen-bond donors (Lipinski definition) is 2. The minimum Gasteiger partial charge on any atom is -0.353 e. The van der Waals surface area contributed by atoms with Crippen molar-refractivity contribution < 1.29 is 4.79 Å². The zero-order valence-electron chi connectivity index (χ0n) is 11.3. The van der Waals surface area contributed by atoms with Crippen LogP contribution in [-0.4, -0.2) is 23.6 Å². The van der Waals surface area contributed by atoms with Gasteiger partial charge in [0.1, 0.15) is 0 Å². The Morgan fingerprint density at radius 2 is 2.44 bits per heavy atom. The summed E-state index contributed by atoms with van der Waals surface area (Å²) in [4.78, 5) is 12.4. The molecular formula is C14H23N3O. The molecule has 18 heavy (non-hydrogen) atoms. The summed E-state index contributed by atoms with van der Waals surface area (Å²) in [7, 11) is 2.00. The minimum absolute atomic E-state index is 0.181. The first kappa shape index (κ1) is 13.1. The lowest BCUT2D eigenvalue weighted by Crippen LogP contribution is -2.42. The molecule has 100 valence electrons. The third kappa shape index (κ3) is 2.58. The Bertz CT molecular complexity index is 405. The molecule has 2 N–H and O–H groups in total. The second kappa shape index (κ2) is 5.57. The highest BCUT2D eigenvalue weighted by molar-refractivity contribution is 5.83. The molecule has 0 aromatic carbocycles.